The number of rotatable bonds is 5. The van der Waals surface area contributed by atoms with Gasteiger partial charge in [0.15, 0.2) is 0 Å². The van der Waals surface area contributed by atoms with Crippen molar-refractivity contribution in [3.05, 3.63) is 23.9 Å². The van der Waals surface area contributed by atoms with Gasteiger partial charge in [0.05, 0.1) is 0 Å². The highest BCUT2D eigenvalue weighted by atomic mass is 32.2. The van der Waals surface area contributed by atoms with Gasteiger partial charge >= 0.3 is 0 Å². The Kier molecular flexibility index (Phi) is 6.04. The van der Waals surface area contributed by atoms with E-state index in [0.717, 1.165) is 30.8 Å². The number of carbonyl (C=O) groups is 1. The highest BCUT2D eigenvalue weighted by molar-refractivity contribution is 7.99. The number of pyridine rings is 1. The molecular formula is C19H28N2O2S. The monoisotopic (exact) mass is 348 g/mol. The quantitative estimate of drug-likeness (QED) is 0.802. The first-order valence-electron chi connectivity index (χ1n) is 9.19. The molecule has 3 rings (SSSR count). The van der Waals surface area contributed by atoms with E-state index >= 15 is 0 Å². The minimum Gasteiger partial charge on any atom is -0.473 e. The van der Waals surface area contributed by atoms with E-state index in [9.17, 15) is 4.79 Å². The number of nitrogens with zero attached hydrogens (tertiary/aromatic N) is 2. The van der Waals surface area contributed by atoms with Gasteiger partial charge in [-0.1, -0.05) is 19.3 Å². The zero-order chi connectivity index (χ0) is 16.9. The lowest BCUT2D eigenvalue weighted by atomic mass is 9.93. The topological polar surface area (TPSA) is 42.4 Å². The van der Waals surface area contributed by atoms with Crippen molar-refractivity contribution >= 4 is 17.7 Å². The molecule has 24 heavy (non-hydrogen) atoms. The highest BCUT2D eigenvalue weighted by Crippen LogP contribution is 2.29. The van der Waals surface area contributed by atoms with Crippen LogP contribution in [-0.2, 0) is 0 Å². The Morgan fingerprint density at radius 1 is 1.29 bits per heavy atom. The maximum Gasteiger partial charge on any atom is 0.259 e. The van der Waals surface area contributed by atoms with Crippen LogP contribution in [0.3, 0.4) is 0 Å². The van der Waals surface area contributed by atoms with Crippen molar-refractivity contribution in [3.63, 3.8) is 0 Å². The minimum absolute atomic E-state index is 0.0747. The number of carbonyl (C=O) groups excluding carboxylic acids is 1. The largest absolute Gasteiger partial charge is 0.473 e. The molecule has 2 fully saturated rings. The Morgan fingerprint density at radius 3 is 2.75 bits per heavy atom. The number of thioether (sulfide) groups is 1. The van der Waals surface area contributed by atoms with Crippen LogP contribution in [0.15, 0.2) is 18.3 Å². The summed E-state index contributed by atoms with van der Waals surface area (Å²) in [7, 11) is 0. The molecule has 1 aromatic heterocycles. The van der Waals surface area contributed by atoms with E-state index < -0.39 is 0 Å². The van der Waals surface area contributed by atoms with Crippen molar-refractivity contribution < 1.29 is 9.53 Å². The molecule has 132 valence electrons. The molecule has 2 heterocycles. The average Bonchev–Trinajstić information content (AvgIpc) is 3.09. The summed E-state index contributed by atoms with van der Waals surface area (Å²) in [4.78, 5) is 19.7. The third-order valence-electron chi connectivity index (χ3n) is 4.93. The van der Waals surface area contributed by atoms with Crippen LogP contribution in [0.1, 0.15) is 62.7 Å². The van der Waals surface area contributed by atoms with Gasteiger partial charge in [-0.05, 0) is 51.0 Å². The van der Waals surface area contributed by atoms with Gasteiger partial charge in [0, 0.05) is 24.0 Å². The Labute approximate surface area is 149 Å². The lowest BCUT2D eigenvalue weighted by Gasteiger charge is -2.37. The van der Waals surface area contributed by atoms with Crippen molar-refractivity contribution in [2.24, 2.45) is 0 Å². The van der Waals surface area contributed by atoms with Crippen LogP contribution >= 0.6 is 11.8 Å². The smallest absolute Gasteiger partial charge is 0.259 e. The van der Waals surface area contributed by atoms with Gasteiger partial charge < -0.3 is 9.64 Å². The summed E-state index contributed by atoms with van der Waals surface area (Å²) < 4.78 is 6.07. The van der Waals surface area contributed by atoms with E-state index in [2.05, 4.69) is 23.7 Å². The summed E-state index contributed by atoms with van der Waals surface area (Å²) in [5.41, 5.74) is 0.619. The van der Waals surface area contributed by atoms with Gasteiger partial charge in [0.1, 0.15) is 11.7 Å². The lowest BCUT2D eigenvalue weighted by Crippen LogP contribution is -2.46. The van der Waals surface area contributed by atoms with E-state index in [1.54, 1.807) is 6.20 Å². The molecule has 5 heteroatoms. The van der Waals surface area contributed by atoms with Crippen molar-refractivity contribution in [1.82, 2.24) is 9.88 Å². The Bertz CT molecular complexity index is 552. The van der Waals surface area contributed by atoms with Crippen LogP contribution in [0.5, 0.6) is 5.88 Å². The molecule has 0 aromatic carbocycles. The third kappa shape index (κ3) is 4.05. The van der Waals surface area contributed by atoms with Crippen molar-refractivity contribution in [3.8, 4) is 5.88 Å². The molecule has 1 aromatic rings. The van der Waals surface area contributed by atoms with Gasteiger partial charge in [-0.3, -0.25) is 4.79 Å². The second-order valence-corrected chi connectivity index (χ2v) is 8.21. The van der Waals surface area contributed by atoms with E-state index in [-0.39, 0.29) is 18.1 Å². The van der Waals surface area contributed by atoms with Gasteiger partial charge in [-0.25, -0.2) is 4.98 Å². The summed E-state index contributed by atoms with van der Waals surface area (Å²) in [6.07, 6.45) is 8.88. The molecule has 1 unspecified atom stereocenters. The third-order valence-corrected chi connectivity index (χ3v) is 6.06. The fourth-order valence-corrected chi connectivity index (χ4v) is 4.83. The van der Waals surface area contributed by atoms with Crippen LogP contribution in [0.2, 0.25) is 0 Å². The Morgan fingerprint density at radius 2 is 2.08 bits per heavy atom. The van der Waals surface area contributed by atoms with Gasteiger partial charge in [-0.2, -0.15) is 11.8 Å². The predicted molar refractivity (Wildman–Crippen MR) is 98.8 cm³/mol. The molecule has 4 nitrogen and oxygen atoms in total. The first kappa shape index (κ1) is 17.6. The van der Waals surface area contributed by atoms with Gasteiger partial charge in [0.25, 0.3) is 5.91 Å². The second-order valence-electron chi connectivity index (χ2n) is 7.06. The molecule has 1 amide bonds. The van der Waals surface area contributed by atoms with Crippen molar-refractivity contribution in [2.75, 3.05) is 11.5 Å². The molecule has 1 saturated carbocycles. The van der Waals surface area contributed by atoms with Crippen LogP contribution in [0.4, 0.5) is 0 Å². The molecule has 0 bridgehead atoms. The van der Waals surface area contributed by atoms with E-state index in [1.165, 1.54) is 19.3 Å². The fraction of sp³-hybridized carbons (Fsp3) is 0.684. The molecule has 1 atom stereocenters. The average molecular weight is 349 g/mol. The summed E-state index contributed by atoms with van der Waals surface area (Å²) in [6.45, 7) is 4.22. The number of ether oxygens (including phenoxy) is 1. The number of hydrogen-bond acceptors (Lipinski definition) is 4. The molecule has 1 aliphatic heterocycles. The summed E-state index contributed by atoms with van der Waals surface area (Å²) in [5, 5.41) is 0. The molecule has 0 spiro atoms. The zero-order valence-corrected chi connectivity index (χ0v) is 15.6. The van der Waals surface area contributed by atoms with Gasteiger partial charge in [0.2, 0.25) is 5.88 Å². The van der Waals surface area contributed by atoms with Crippen LogP contribution in [0, 0.1) is 0 Å². The maximum absolute atomic E-state index is 13.3. The molecular weight excluding hydrogens is 320 g/mol. The maximum atomic E-state index is 13.3. The second kappa shape index (κ2) is 8.24. The molecule has 0 N–H and O–H groups in total. The van der Waals surface area contributed by atoms with Crippen LogP contribution in [0.25, 0.3) is 0 Å². The summed E-state index contributed by atoms with van der Waals surface area (Å²) >= 11 is 1.90. The standard InChI is InChI=1S/C19H28N2O2S/c1-14(2)21(15-7-4-3-5-8-15)19(22)17-9-6-11-20-18(17)23-16-10-12-24-13-16/h6,9,11,14-16H,3-5,7-8,10,12-13H2,1-2H3. The lowest BCUT2D eigenvalue weighted by molar-refractivity contribution is 0.0548. The van der Waals surface area contributed by atoms with Crippen molar-refractivity contribution in [1.29, 1.82) is 0 Å². The minimum atomic E-state index is 0.0747. The predicted octanol–water partition coefficient (Wildman–Crippen LogP) is 4.15. The van der Waals surface area contributed by atoms with Crippen LogP contribution in [-0.4, -0.2) is 45.5 Å². The Balaban J connectivity index is 1.81. The summed E-state index contributed by atoms with van der Waals surface area (Å²) in [6, 6.07) is 4.24. The SMILES string of the molecule is CC(C)N(C(=O)c1cccnc1OC1CCSC1)C1CCCCC1. The number of amides is 1. The van der Waals surface area contributed by atoms with E-state index in [0.29, 0.717) is 17.5 Å². The number of hydrogen-bond donors (Lipinski definition) is 0. The number of aromatic nitrogens is 1. The highest BCUT2D eigenvalue weighted by Gasteiger charge is 2.31. The van der Waals surface area contributed by atoms with E-state index in [1.807, 2.05) is 23.9 Å². The first-order chi connectivity index (χ1) is 11.7. The molecule has 2 aliphatic rings. The molecule has 0 radical (unpaired) electrons. The first-order valence-corrected chi connectivity index (χ1v) is 10.3. The van der Waals surface area contributed by atoms with Crippen molar-refractivity contribution in [2.45, 2.75) is 70.6 Å². The van der Waals surface area contributed by atoms with Gasteiger partial charge in [-0.15, -0.1) is 0 Å². The normalized spacial score (nSPS) is 21.9. The van der Waals surface area contributed by atoms with E-state index in [4.69, 9.17) is 4.74 Å². The fourth-order valence-electron chi connectivity index (χ4n) is 3.73. The van der Waals surface area contributed by atoms with Crippen LogP contribution < -0.4 is 4.74 Å². The Hall–Kier alpha value is -1.23. The summed E-state index contributed by atoms with van der Waals surface area (Å²) in [5.74, 6) is 2.70. The zero-order valence-electron chi connectivity index (χ0n) is 14.7. The molecule has 1 saturated heterocycles. The molecule has 1 aliphatic carbocycles.